The Labute approximate surface area is 105 Å². The summed E-state index contributed by atoms with van der Waals surface area (Å²) in [6, 6.07) is 4.05. The number of methoxy groups -OCH3 is 1. The summed E-state index contributed by atoms with van der Waals surface area (Å²) in [7, 11) is -1.72. The Morgan fingerprint density at radius 2 is 2.22 bits per heavy atom. The molecule has 0 radical (unpaired) electrons. The normalized spacial score (nSPS) is 13.9. The number of nitrogens with two attached hydrogens (primary N) is 1. The Kier molecular flexibility index (Phi) is 3.38. The van der Waals surface area contributed by atoms with Crippen LogP contribution in [0.1, 0.15) is 11.9 Å². The first-order valence-electron chi connectivity index (χ1n) is 5.27. The van der Waals surface area contributed by atoms with Crippen molar-refractivity contribution in [2.24, 2.45) is 5.73 Å². The van der Waals surface area contributed by atoms with Crippen LogP contribution < -0.4 is 5.73 Å². The van der Waals surface area contributed by atoms with Crippen LogP contribution in [0, 0.1) is 0 Å². The third-order valence-electron chi connectivity index (χ3n) is 2.47. The van der Waals surface area contributed by atoms with Crippen molar-refractivity contribution in [3.05, 3.63) is 24.1 Å². The van der Waals surface area contributed by atoms with Crippen molar-refractivity contribution < 1.29 is 17.6 Å². The molecular weight excluding hydrogens is 256 g/mol. The second-order valence-corrected chi connectivity index (χ2v) is 6.03. The highest BCUT2D eigenvalue weighted by Gasteiger charge is 2.15. The molecule has 0 aliphatic carbocycles. The van der Waals surface area contributed by atoms with Crippen LogP contribution in [0.2, 0.25) is 0 Å². The molecule has 6 nitrogen and oxygen atoms in total. The smallest absolute Gasteiger partial charge is 0.214 e. The van der Waals surface area contributed by atoms with Crippen LogP contribution in [0.5, 0.6) is 0 Å². The van der Waals surface area contributed by atoms with E-state index in [1.165, 1.54) is 19.2 Å². The molecule has 1 heterocycles. The molecule has 1 aromatic carbocycles. The molecule has 0 aliphatic rings. The molecule has 1 atom stereocenters. The van der Waals surface area contributed by atoms with Gasteiger partial charge in [0.2, 0.25) is 5.89 Å². The minimum absolute atomic E-state index is 0.204. The zero-order valence-electron chi connectivity index (χ0n) is 10.1. The van der Waals surface area contributed by atoms with Gasteiger partial charge in [-0.1, -0.05) is 0 Å². The molecule has 0 aliphatic heterocycles. The van der Waals surface area contributed by atoms with Gasteiger partial charge in [0.05, 0.1) is 11.5 Å². The van der Waals surface area contributed by atoms with Gasteiger partial charge in [-0.15, -0.1) is 0 Å². The molecule has 7 heteroatoms. The predicted molar refractivity (Wildman–Crippen MR) is 65.9 cm³/mol. The van der Waals surface area contributed by atoms with Gasteiger partial charge in [-0.25, -0.2) is 13.4 Å². The molecule has 0 bridgehead atoms. The van der Waals surface area contributed by atoms with Gasteiger partial charge in [0.1, 0.15) is 11.6 Å². The first kappa shape index (κ1) is 13.0. The summed E-state index contributed by atoms with van der Waals surface area (Å²) in [4.78, 5) is 4.37. The molecule has 98 valence electrons. The van der Waals surface area contributed by atoms with Crippen LogP contribution in [0.25, 0.3) is 11.1 Å². The van der Waals surface area contributed by atoms with Gasteiger partial charge in [-0.2, -0.15) is 0 Å². The molecule has 0 fully saturated rings. The number of nitrogens with zero attached hydrogens (tertiary/aromatic N) is 1. The van der Waals surface area contributed by atoms with Crippen molar-refractivity contribution in [1.29, 1.82) is 0 Å². The Morgan fingerprint density at radius 1 is 1.50 bits per heavy atom. The van der Waals surface area contributed by atoms with Crippen LogP contribution in [0.4, 0.5) is 0 Å². The molecule has 1 aromatic heterocycles. The maximum Gasteiger partial charge on any atom is 0.214 e. The average molecular weight is 270 g/mol. The number of hydrogen-bond donors (Lipinski definition) is 1. The van der Waals surface area contributed by atoms with Gasteiger partial charge >= 0.3 is 0 Å². The highest BCUT2D eigenvalue weighted by molar-refractivity contribution is 7.90. The highest BCUT2D eigenvalue weighted by atomic mass is 32.2. The van der Waals surface area contributed by atoms with Crippen LogP contribution in [0.15, 0.2) is 27.5 Å². The number of ether oxygens (including phenoxy) is 1. The SMILES string of the molecule is COCC(N)c1nc2cc(S(C)(=O)=O)ccc2o1. The Morgan fingerprint density at radius 3 is 2.83 bits per heavy atom. The van der Waals surface area contributed by atoms with E-state index in [1.807, 2.05) is 0 Å². The van der Waals surface area contributed by atoms with Crippen LogP contribution in [0.3, 0.4) is 0 Å². The van der Waals surface area contributed by atoms with Crippen molar-refractivity contribution in [1.82, 2.24) is 4.98 Å². The summed E-state index contributed by atoms with van der Waals surface area (Å²) in [5.74, 6) is 0.331. The van der Waals surface area contributed by atoms with Gasteiger partial charge in [-0.3, -0.25) is 0 Å². The molecule has 0 spiro atoms. The van der Waals surface area contributed by atoms with Gasteiger partial charge in [-0.05, 0) is 18.2 Å². The first-order chi connectivity index (χ1) is 8.41. The number of fused-ring (bicyclic) bond motifs is 1. The van der Waals surface area contributed by atoms with Crippen molar-refractivity contribution in [2.45, 2.75) is 10.9 Å². The standard InChI is InChI=1S/C11H14N2O4S/c1-16-6-8(12)11-13-9-5-7(18(2,14)15)3-4-10(9)17-11/h3-5,8H,6,12H2,1-2H3. The Balaban J connectivity index is 2.46. The van der Waals surface area contributed by atoms with E-state index in [9.17, 15) is 8.42 Å². The fraction of sp³-hybridized carbons (Fsp3) is 0.364. The van der Waals surface area contributed by atoms with Crippen molar-refractivity contribution >= 4 is 20.9 Å². The predicted octanol–water partition coefficient (Wildman–Crippen LogP) is 0.878. The topological polar surface area (TPSA) is 95.4 Å². The number of oxazole rings is 1. The Bertz CT molecular complexity index is 663. The first-order valence-corrected chi connectivity index (χ1v) is 7.16. The quantitative estimate of drug-likeness (QED) is 0.886. The zero-order chi connectivity index (χ0) is 13.3. The van der Waals surface area contributed by atoms with Crippen LogP contribution >= 0.6 is 0 Å². The van der Waals surface area contributed by atoms with E-state index in [1.54, 1.807) is 6.07 Å². The van der Waals surface area contributed by atoms with E-state index in [4.69, 9.17) is 14.9 Å². The maximum atomic E-state index is 11.4. The minimum atomic E-state index is -3.25. The molecule has 0 amide bonds. The summed E-state index contributed by atoms with van der Waals surface area (Å²) in [5, 5.41) is 0. The second kappa shape index (κ2) is 4.68. The number of aromatic nitrogens is 1. The average Bonchev–Trinajstić information content (AvgIpc) is 2.70. The monoisotopic (exact) mass is 270 g/mol. The molecule has 0 saturated heterocycles. The molecule has 2 rings (SSSR count). The largest absolute Gasteiger partial charge is 0.439 e. The summed E-state index contributed by atoms with van der Waals surface area (Å²) < 4.78 is 33.2. The lowest BCUT2D eigenvalue weighted by atomic mass is 10.3. The van der Waals surface area contributed by atoms with Gasteiger partial charge in [0, 0.05) is 13.4 Å². The molecule has 2 aromatic rings. The minimum Gasteiger partial charge on any atom is -0.439 e. The fourth-order valence-electron chi connectivity index (χ4n) is 1.57. The highest BCUT2D eigenvalue weighted by Crippen LogP contribution is 2.22. The van der Waals surface area contributed by atoms with Crippen LogP contribution in [-0.2, 0) is 14.6 Å². The number of benzene rings is 1. The van der Waals surface area contributed by atoms with Gasteiger partial charge < -0.3 is 14.9 Å². The molecule has 1 unspecified atom stereocenters. The van der Waals surface area contributed by atoms with E-state index in [0.29, 0.717) is 17.0 Å². The lowest BCUT2D eigenvalue weighted by Crippen LogP contribution is -2.16. The third-order valence-corrected chi connectivity index (χ3v) is 3.58. The third kappa shape index (κ3) is 2.53. The van der Waals surface area contributed by atoms with E-state index in [0.717, 1.165) is 6.26 Å². The van der Waals surface area contributed by atoms with Gasteiger partial charge in [0.25, 0.3) is 0 Å². The zero-order valence-corrected chi connectivity index (χ0v) is 10.9. The molecule has 18 heavy (non-hydrogen) atoms. The van der Waals surface area contributed by atoms with E-state index in [-0.39, 0.29) is 11.5 Å². The maximum absolute atomic E-state index is 11.4. The van der Waals surface area contributed by atoms with E-state index >= 15 is 0 Å². The van der Waals surface area contributed by atoms with Crippen LogP contribution in [-0.4, -0.2) is 33.4 Å². The molecular formula is C11H14N2O4S. The summed E-state index contributed by atoms with van der Waals surface area (Å²) in [5.41, 5.74) is 6.77. The number of rotatable bonds is 4. The Hall–Kier alpha value is -1.44. The number of hydrogen-bond acceptors (Lipinski definition) is 6. The molecule has 2 N–H and O–H groups in total. The second-order valence-electron chi connectivity index (χ2n) is 4.02. The van der Waals surface area contributed by atoms with Crippen molar-refractivity contribution in [3.63, 3.8) is 0 Å². The van der Waals surface area contributed by atoms with E-state index < -0.39 is 15.9 Å². The summed E-state index contributed by atoms with van der Waals surface area (Å²) >= 11 is 0. The summed E-state index contributed by atoms with van der Waals surface area (Å²) in [6.45, 7) is 0.283. The van der Waals surface area contributed by atoms with Gasteiger partial charge in [0.15, 0.2) is 15.4 Å². The number of sulfone groups is 1. The molecule has 0 saturated carbocycles. The van der Waals surface area contributed by atoms with Crippen molar-refractivity contribution in [3.8, 4) is 0 Å². The lowest BCUT2D eigenvalue weighted by molar-refractivity contribution is 0.171. The summed E-state index contributed by atoms with van der Waals surface area (Å²) in [6.07, 6.45) is 1.14. The van der Waals surface area contributed by atoms with E-state index in [2.05, 4.69) is 4.98 Å². The van der Waals surface area contributed by atoms with Crippen molar-refractivity contribution in [2.75, 3.05) is 20.0 Å². The fourth-order valence-corrected chi connectivity index (χ4v) is 2.21. The lowest BCUT2D eigenvalue weighted by Gasteiger charge is -2.03.